The first kappa shape index (κ1) is 18.5. The van der Waals surface area contributed by atoms with Gasteiger partial charge in [-0.1, -0.05) is 27.7 Å². The van der Waals surface area contributed by atoms with Crippen LogP contribution in [-0.4, -0.2) is 62.7 Å². The molecule has 1 N–H and O–H groups in total. The summed E-state index contributed by atoms with van der Waals surface area (Å²) in [4.78, 5) is 14.2. The van der Waals surface area contributed by atoms with Crippen LogP contribution < -0.4 is 5.32 Å². The molecule has 134 valence electrons. The third kappa shape index (κ3) is 4.59. The van der Waals surface area contributed by atoms with Crippen LogP contribution in [0.2, 0.25) is 0 Å². The van der Waals surface area contributed by atoms with Gasteiger partial charge in [-0.2, -0.15) is 0 Å². The highest BCUT2D eigenvalue weighted by Gasteiger charge is 2.43. The van der Waals surface area contributed by atoms with E-state index in [1.165, 1.54) is 0 Å². The highest BCUT2D eigenvalue weighted by Crippen LogP contribution is 2.31. The zero-order valence-electron chi connectivity index (χ0n) is 14.7. The van der Waals surface area contributed by atoms with Crippen LogP contribution in [0.5, 0.6) is 0 Å². The lowest BCUT2D eigenvalue weighted by Crippen LogP contribution is -2.58. The monoisotopic (exact) mass is 346 g/mol. The molecule has 0 aromatic carbocycles. The number of carbonyl (C=O) groups excluding carboxylic acids is 1. The van der Waals surface area contributed by atoms with Crippen molar-refractivity contribution < 1.29 is 17.9 Å². The minimum Gasteiger partial charge on any atom is -0.371 e. The van der Waals surface area contributed by atoms with Gasteiger partial charge in [-0.3, -0.25) is 0 Å². The normalized spacial score (nSPS) is 24.0. The first-order valence-electron chi connectivity index (χ1n) is 8.42. The molecule has 2 heterocycles. The molecule has 23 heavy (non-hydrogen) atoms. The van der Waals surface area contributed by atoms with Crippen molar-refractivity contribution in [3.63, 3.8) is 0 Å². The van der Waals surface area contributed by atoms with Gasteiger partial charge in [-0.25, -0.2) is 13.2 Å². The van der Waals surface area contributed by atoms with Crippen molar-refractivity contribution >= 4 is 15.9 Å². The lowest BCUT2D eigenvalue weighted by Gasteiger charge is -2.44. The number of hydrogen-bond acceptors (Lipinski definition) is 4. The van der Waals surface area contributed by atoms with Crippen LogP contribution in [0.15, 0.2) is 0 Å². The Morgan fingerprint density at radius 1 is 1.30 bits per heavy atom. The van der Waals surface area contributed by atoms with Crippen molar-refractivity contribution in [2.75, 3.05) is 37.7 Å². The smallest absolute Gasteiger partial charge is 0.317 e. The second-order valence-corrected chi connectivity index (χ2v) is 10.2. The van der Waals surface area contributed by atoms with E-state index in [2.05, 4.69) is 33.0 Å². The molecule has 0 aromatic heterocycles. The van der Waals surface area contributed by atoms with Gasteiger partial charge in [0.2, 0.25) is 0 Å². The summed E-state index contributed by atoms with van der Waals surface area (Å²) in [5, 5.41) is 3.03. The van der Waals surface area contributed by atoms with E-state index in [0.29, 0.717) is 45.0 Å². The first-order valence-corrected chi connectivity index (χ1v) is 10.2. The molecular formula is C16H30N2O4S. The summed E-state index contributed by atoms with van der Waals surface area (Å²) in [6.07, 6.45) is 0.965. The van der Waals surface area contributed by atoms with Crippen LogP contribution in [0.4, 0.5) is 4.79 Å². The molecule has 2 amide bonds. The number of amides is 2. The summed E-state index contributed by atoms with van der Waals surface area (Å²) < 4.78 is 29.1. The first-order chi connectivity index (χ1) is 10.6. The molecule has 2 aliphatic rings. The Kier molecular flexibility index (Phi) is 5.31. The van der Waals surface area contributed by atoms with Crippen LogP contribution >= 0.6 is 0 Å². The van der Waals surface area contributed by atoms with Gasteiger partial charge in [0.1, 0.15) is 0 Å². The molecular weight excluding hydrogens is 316 g/mol. The molecule has 0 bridgehead atoms. The third-order valence-electron chi connectivity index (χ3n) is 5.53. The summed E-state index contributed by atoms with van der Waals surface area (Å²) in [6.45, 7) is 10.7. The summed E-state index contributed by atoms with van der Waals surface area (Å²) >= 11 is 0. The van der Waals surface area contributed by atoms with Crippen LogP contribution in [0.1, 0.15) is 40.5 Å². The lowest BCUT2D eigenvalue weighted by molar-refractivity contribution is -0.102. The van der Waals surface area contributed by atoms with Gasteiger partial charge in [0.05, 0.1) is 30.3 Å². The third-order valence-corrected chi connectivity index (χ3v) is 7.18. The van der Waals surface area contributed by atoms with Crippen LogP contribution in [0.3, 0.4) is 0 Å². The second kappa shape index (κ2) is 6.59. The Balaban J connectivity index is 1.92. The molecule has 2 rings (SSSR count). The quantitative estimate of drug-likeness (QED) is 0.843. The predicted octanol–water partition coefficient (Wildman–Crippen LogP) is 1.66. The van der Waals surface area contributed by atoms with Gasteiger partial charge in [0, 0.05) is 13.1 Å². The molecule has 2 aliphatic heterocycles. The van der Waals surface area contributed by atoms with Gasteiger partial charge >= 0.3 is 6.03 Å². The van der Waals surface area contributed by atoms with E-state index in [1.807, 2.05) is 0 Å². The van der Waals surface area contributed by atoms with Crippen LogP contribution in [0, 0.1) is 11.3 Å². The second-order valence-electron chi connectivity index (χ2n) is 7.91. The maximum Gasteiger partial charge on any atom is 0.317 e. The van der Waals surface area contributed by atoms with E-state index in [1.54, 1.807) is 4.90 Å². The summed E-state index contributed by atoms with van der Waals surface area (Å²) in [6, 6.07) is -0.0742. The number of hydrogen-bond donors (Lipinski definition) is 1. The summed E-state index contributed by atoms with van der Waals surface area (Å²) in [7, 11) is -2.93. The maximum absolute atomic E-state index is 12.5. The summed E-state index contributed by atoms with van der Waals surface area (Å²) in [5.74, 6) is 0.786. The van der Waals surface area contributed by atoms with Gasteiger partial charge in [0.25, 0.3) is 0 Å². The number of nitrogens with one attached hydrogen (secondary N) is 1. The van der Waals surface area contributed by atoms with Gasteiger partial charge in [0.15, 0.2) is 9.84 Å². The molecule has 2 fully saturated rings. The summed E-state index contributed by atoms with van der Waals surface area (Å²) in [5.41, 5.74) is -0.437. The average molecular weight is 346 g/mol. The minimum absolute atomic E-state index is 0.0402. The minimum atomic E-state index is -2.93. The van der Waals surface area contributed by atoms with Crippen molar-refractivity contribution in [2.24, 2.45) is 11.3 Å². The molecule has 0 saturated carbocycles. The average Bonchev–Trinajstić information content (AvgIpc) is 2.48. The molecule has 0 radical (unpaired) electrons. The zero-order valence-corrected chi connectivity index (χ0v) is 15.5. The highest BCUT2D eigenvalue weighted by atomic mass is 32.2. The van der Waals surface area contributed by atoms with E-state index >= 15 is 0 Å². The van der Waals surface area contributed by atoms with Crippen molar-refractivity contribution in [2.45, 2.75) is 46.1 Å². The van der Waals surface area contributed by atoms with Crippen molar-refractivity contribution in [3.8, 4) is 0 Å². The zero-order chi connectivity index (χ0) is 17.3. The van der Waals surface area contributed by atoms with E-state index in [-0.39, 0.29) is 23.0 Å². The maximum atomic E-state index is 12.5. The van der Waals surface area contributed by atoms with Crippen molar-refractivity contribution in [3.05, 3.63) is 0 Å². The molecule has 0 aliphatic carbocycles. The van der Waals surface area contributed by atoms with E-state index < -0.39 is 15.4 Å². The number of rotatable bonds is 3. The Bertz CT molecular complexity index is 528. The van der Waals surface area contributed by atoms with E-state index in [9.17, 15) is 13.2 Å². The predicted molar refractivity (Wildman–Crippen MR) is 90.2 cm³/mol. The Labute approximate surface area is 139 Å². The lowest BCUT2D eigenvalue weighted by atomic mass is 9.81. The largest absolute Gasteiger partial charge is 0.371 e. The number of nitrogens with zero attached hydrogens (tertiary/aromatic N) is 1. The van der Waals surface area contributed by atoms with Crippen molar-refractivity contribution in [1.29, 1.82) is 0 Å². The Morgan fingerprint density at radius 3 is 2.48 bits per heavy atom. The molecule has 0 unspecified atom stereocenters. The molecule has 7 heteroatoms. The molecule has 2 saturated heterocycles. The fraction of sp³-hybridized carbons (Fsp3) is 0.938. The standard InChI is InChI=1S/C16H30N2O4S/c1-13(2)15(3,4)11-17-14(19)18-7-8-22-16(12-18)5-9-23(20,21)10-6-16/h13H,5-12H2,1-4H3,(H,17,19). The van der Waals surface area contributed by atoms with Gasteiger partial charge < -0.3 is 15.0 Å². The molecule has 6 nitrogen and oxygen atoms in total. The topological polar surface area (TPSA) is 75.7 Å². The molecule has 0 atom stereocenters. The van der Waals surface area contributed by atoms with Crippen LogP contribution in [0.25, 0.3) is 0 Å². The van der Waals surface area contributed by atoms with Gasteiger partial charge in [-0.15, -0.1) is 0 Å². The molecule has 1 spiro atoms. The van der Waals surface area contributed by atoms with E-state index in [0.717, 1.165) is 0 Å². The number of sulfone groups is 1. The van der Waals surface area contributed by atoms with E-state index in [4.69, 9.17) is 4.74 Å². The number of carbonyl (C=O) groups is 1. The fourth-order valence-corrected chi connectivity index (χ4v) is 4.42. The van der Waals surface area contributed by atoms with Crippen molar-refractivity contribution in [1.82, 2.24) is 10.2 Å². The Hall–Kier alpha value is -0.820. The fourth-order valence-electron chi connectivity index (χ4n) is 2.85. The Morgan fingerprint density at radius 2 is 1.91 bits per heavy atom. The highest BCUT2D eigenvalue weighted by molar-refractivity contribution is 7.91. The van der Waals surface area contributed by atoms with Crippen LogP contribution in [-0.2, 0) is 14.6 Å². The number of morpholine rings is 1. The number of ether oxygens (including phenoxy) is 1. The number of urea groups is 1. The van der Waals surface area contributed by atoms with Gasteiger partial charge in [-0.05, 0) is 24.2 Å². The molecule has 0 aromatic rings. The SMILES string of the molecule is CC(C)C(C)(C)CNC(=O)N1CCOC2(CCS(=O)(=O)CC2)C1.